The van der Waals surface area contributed by atoms with Gasteiger partial charge in [0.1, 0.15) is 10.8 Å². The van der Waals surface area contributed by atoms with Gasteiger partial charge in [-0.25, -0.2) is 0 Å². The first-order valence-electron chi connectivity index (χ1n) is 8.69. The molecule has 0 saturated heterocycles. The fourth-order valence-electron chi connectivity index (χ4n) is 2.49. The molecule has 2 amide bonds. The van der Waals surface area contributed by atoms with Gasteiger partial charge >= 0.3 is 0 Å². The number of primary amides is 1. The minimum atomic E-state index is -0.618. The van der Waals surface area contributed by atoms with Crippen molar-refractivity contribution in [2.24, 2.45) is 5.73 Å². The molecule has 144 valence electrons. The highest BCUT2D eigenvalue weighted by Gasteiger charge is 2.16. The number of amides is 2. The lowest BCUT2D eigenvalue weighted by Crippen LogP contribution is -2.21. The molecule has 3 N–H and O–H groups in total. The lowest BCUT2D eigenvalue weighted by Gasteiger charge is -2.09. The molecule has 1 heterocycles. The van der Waals surface area contributed by atoms with Crippen molar-refractivity contribution in [2.45, 2.75) is 19.8 Å². The number of anilines is 1. The van der Waals surface area contributed by atoms with Crippen molar-refractivity contribution in [3.05, 3.63) is 59.7 Å². The van der Waals surface area contributed by atoms with Crippen LogP contribution < -0.4 is 15.8 Å². The van der Waals surface area contributed by atoms with Gasteiger partial charge in [0.05, 0.1) is 5.56 Å². The van der Waals surface area contributed by atoms with Crippen molar-refractivity contribution in [1.29, 1.82) is 0 Å². The Morgan fingerprint density at radius 3 is 2.50 bits per heavy atom. The maximum absolute atomic E-state index is 12.6. The van der Waals surface area contributed by atoms with Crippen molar-refractivity contribution >= 4 is 28.3 Å². The maximum Gasteiger partial charge on any atom is 0.261 e. The van der Waals surface area contributed by atoms with E-state index < -0.39 is 11.8 Å². The van der Waals surface area contributed by atoms with E-state index in [0.29, 0.717) is 16.1 Å². The summed E-state index contributed by atoms with van der Waals surface area (Å²) in [7, 11) is 0. The average molecular weight is 396 g/mol. The second-order valence-corrected chi connectivity index (χ2v) is 7.37. The maximum atomic E-state index is 12.6. The molecule has 28 heavy (non-hydrogen) atoms. The summed E-state index contributed by atoms with van der Waals surface area (Å²) in [5.74, 6) is -0.298. The number of hydrogen-bond acceptors (Lipinski definition) is 6. The molecule has 3 rings (SSSR count). The Bertz CT molecular complexity index is 983. The van der Waals surface area contributed by atoms with Gasteiger partial charge in [-0.15, -0.1) is 10.2 Å². The van der Waals surface area contributed by atoms with E-state index >= 15 is 0 Å². The van der Waals surface area contributed by atoms with Crippen LogP contribution in [0.1, 0.15) is 35.7 Å². The van der Waals surface area contributed by atoms with Gasteiger partial charge in [-0.05, 0) is 23.6 Å². The Balaban J connectivity index is 1.73. The van der Waals surface area contributed by atoms with E-state index in [1.54, 1.807) is 24.3 Å². The molecule has 0 bridgehead atoms. The van der Waals surface area contributed by atoms with Gasteiger partial charge in [-0.1, -0.05) is 61.6 Å². The largest absolute Gasteiger partial charge is 0.483 e. The van der Waals surface area contributed by atoms with Crippen LogP contribution in [0.4, 0.5) is 5.13 Å². The summed E-state index contributed by atoms with van der Waals surface area (Å²) in [6, 6.07) is 14.7. The zero-order valence-electron chi connectivity index (χ0n) is 15.5. The third-order valence-electron chi connectivity index (χ3n) is 3.97. The number of aromatic nitrogens is 2. The van der Waals surface area contributed by atoms with Crippen LogP contribution in [-0.2, 0) is 4.79 Å². The van der Waals surface area contributed by atoms with Crippen molar-refractivity contribution in [3.63, 3.8) is 0 Å². The Labute approximate surface area is 166 Å². The molecule has 1 aromatic heterocycles. The SMILES string of the molecule is CC(C)c1ccc(-c2nnc(NC(=O)c3ccccc3OCC(N)=O)s2)cc1. The molecule has 0 atom stereocenters. The molecule has 0 radical (unpaired) electrons. The lowest BCUT2D eigenvalue weighted by atomic mass is 10.0. The first kappa shape index (κ1) is 19.5. The van der Waals surface area contributed by atoms with Gasteiger partial charge in [-0.3, -0.25) is 14.9 Å². The van der Waals surface area contributed by atoms with Crippen LogP contribution >= 0.6 is 11.3 Å². The summed E-state index contributed by atoms with van der Waals surface area (Å²) in [6.07, 6.45) is 0. The van der Waals surface area contributed by atoms with E-state index in [0.717, 1.165) is 5.56 Å². The second kappa shape index (κ2) is 8.62. The van der Waals surface area contributed by atoms with Crippen molar-refractivity contribution < 1.29 is 14.3 Å². The fraction of sp³-hybridized carbons (Fsp3) is 0.200. The molecule has 0 aliphatic rings. The van der Waals surface area contributed by atoms with Crippen LogP contribution in [0.2, 0.25) is 0 Å². The highest BCUT2D eigenvalue weighted by Crippen LogP contribution is 2.28. The summed E-state index contributed by atoms with van der Waals surface area (Å²) in [5.41, 5.74) is 7.55. The van der Waals surface area contributed by atoms with Crippen molar-refractivity contribution in [2.75, 3.05) is 11.9 Å². The quantitative estimate of drug-likeness (QED) is 0.636. The molecule has 2 aromatic carbocycles. The van der Waals surface area contributed by atoms with E-state index in [1.165, 1.54) is 16.9 Å². The zero-order valence-corrected chi connectivity index (χ0v) is 16.3. The minimum Gasteiger partial charge on any atom is -0.483 e. The lowest BCUT2D eigenvalue weighted by molar-refractivity contribution is -0.119. The number of benzene rings is 2. The molecule has 0 fully saturated rings. The Morgan fingerprint density at radius 2 is 1.82 bits per heavy atom. The van der Waals surface area contributed by atoms with Crippen LogP contribution in [0.25, 0.3) is 10.6 Å². The molecule has 3 aromatic rings. The van der Waals surface area contributed by atoms with Crippen LogP contribution in [0.5, 0.6) is 5.75 Å². The van der Waals surface area contributed by atoms with Crippen LogP contribution in [0, 0.1) is 0 Å². The molecule has 8 heteroatoms. The number of para-hydroxylation sites is 1. The van der Waals surface area contributed by atoms with Gasteiger partial charge in [-0.2, -0.15) is 0 Å². The second-order valence-electron chi connectivity index (χ2n) is 6.39. The molecular formula is C20H20N4O3S. The summed E-state index contributed by atoms with van der Waals surface area (Å²) in [6.45, 7) is 3.97. The van der Waals surface area contributed by atoms with E-state index in [-0.39, 0.29) is 17.9 Å². The Kier molecular flexibility index (Phi) is 6.00. The highest BCUT2D eigenvalue weighted by atomic mass is 32.1. The fourth-order valence-corrected chi connectivity index (χ4v) is 3.24. The van der Waals surface area contributed by atoms with Gasteiger partial charge in [0.15, 0.2) is 6.61 Å². The molecular weight excluding hydrogens is 376 g/mol. The van der Waals surface area contributed by atoms with E-state index in [1.807, 2.05) is 12.1 Å². The van der Waals surface area contributed by atoms with E-state index in [2.05, 4.69) is 41.5 Å². The standard InChI is InChI=1S/C20H20N4O3S/c1-12(2)13-7-9-14(10-8-13)19-23-24-20(28-19)22-18(26)15-5-3-4-6-16(15)27-11-17(21)25/h3-10,12H,11H2,1-2H3,(H2,21,25)(H,22,24,26). The number of nitrogens with one attached hydrogen (secondary N) is 1. The average Bonchev–Trinajstić information content (AvgIpc) is 3.15. The molecule has 7 nitrogen and oxygen atoms in total. The third-order valence-corrected chi connectivity index (χ3v) is 4.86. The molecule has 0 saturated carbocycles. The van der Waals surface area contributed by atoms with Crippen LogP contribution in [-0.4, -0.2) is 28.6 Å². The molecule has 0 unspecified atom stereocenters. The molecule has 0 spiro atoms. The number of carbonyl (C=O) groups is 2. The van der Waals surface area contributed by atoms with Crippen LogP contribution in [0.15, 0.2) is 48.5 Å². The van der Waals surface area contributed by atoms with E-state index in [9.17, 15) is 9.59 Å². The number of rotatable bonds is 7. The monoisotopic (exact) mass is 396 g/mol. The number of nitrogens with zero attached hydrogens (tertiary/aromatic N) is 2. The first-order chi connectivity index (χ1) is 13.4. The summed E-state index contributed by atoms with van der Waals surface area (Å²) >= 11 is 1.28. The predicted molar refractivity (Wildman–Crippen MR) is 109 cm³/mol. The first-order valence-corrected chi connectivity index (χ1v) is 9.51. The smallest absolute Gasteiger partial charge is 0.261 e. The van der Waals surface area contributed by atoms with Gasteiger partial charge in [0.25, 0.3) is 11.8 Å². The third kappa shape index (κ3) is 4.72. The summed E-state index contributed by atoms with van der Waals surface area (Å²) in [4.78, 5) is 23.5. The van der Waals surface area contributed by atoms with Gasteiger partial charge in [0.2, 0.25) is 5.13 Å². The minimum absolute atomic E-state index is 0.271. The highest BCUT2D eigenvalue weighted by molar-refractivity contribution is 7.18. The number of hydrogen-bond donors (Lipinski definition) is 2. The topological polar surface area (TPSA) is 107 Å². The molecule has 0 aliphatic heterocycles. The number of carbonyl (C=O) groups excluding carboxylic acids is 2. The number of ether oxygens (including phenoxy) is 1. The summed E-state index contributed by atoms with van der Waals surface area (Å²) in [5, 5.41) is 12.0. The van der Waals surface area contributed by atoms with Crippen molar-refractivity contribution in [3.8, 4) is 16.3 Å². The zero-order chi connectivity index (χ0) is 20.1. The van der Waals surface area contributed by atoms with E-state index in [4.69, 9.17) is 10.5 Å². The molecule has 0 aliphatic carbocycles. The van der Waals surface area contributed by atoms with Crippen LogP contribution in [0.3, 0.4) is 0 Å². The van der Waals surface area contributed by atoms with Gasteiger partial charge < -0.3 is 10.5 Å². The predicted octanol–water partition coefficient (Wildman–Crippen LogP) is 3.44. The summed E-state index contributed by atoms with van der Waals surface area (Å²) < 4.78 is 5.29. The number of nitrogens with two attached hydrogens (primary N) is 1. The Morgan fingerprint density at radius 1 is 1.11 bits per heavy atom. The van der Waals surface area contributed by atoms with Crippen molar-refractivity contribution in [1.82, 2.24) is 10.2 Å². The normalized spacial score (nSPS) is 10.7. The van der Waals surface area contributed by atoms with Gasteiger partial charge in [0, 0.05) is 5.56 Å². The Hall–Kier alpha value is -3.26.